The van der Waals surface area contributed by atoms with Gasteiger partial charge in [-0.3, -0.25) is 11.3 Å². The van der Waals surface area contributed by atoms with E-state index in [-0.39, 0.29) is 11.9 Å². The van der Waals surface area contributed by atoms with Crippen LogP contribution >= 0.6 is 11.6 Å². The summed E-state index contributed by atoms with van der Waals surface area (Å²) in [7, 11) is 0. The summed E-state index contributed by atoms with van der Waals surface area (Å²) >= 11 is 5.80. The van der Waals surface area contributed by atoms with Crippen molar-refractivity contribution < 1.29 is 4.39 Å². The minimum atomic E-state index is -0.300. The lowest BCUT2D eigenvalue weighted by atomic mass is 10.0. The van der Waals surface area contributed by atoms with Gasteiger partial charge in [0.2, 0.25) is 0 Å². The molecule has 1 unspecified atom stereocenters. The van der Waals surface area contributed by atoms with E-state index in [9.17, 15) is 4.39 Å². The highest BCUT2D eigenvalue weighted by molar-refractivity contribution is 6.30. The van der Waals surface area contributed by atoms with Crippen LogP contribution in [-0.4, -0.2) is 0 Å². The first-order valence-corrected chi connectivity index (χ1v) is 5.08. The van der Waals surface area contributed by atoms with Crippen molar-refractivity contribution in [3.63, 3.8) is 0 Å². The van der Waals surface area contributed by atoms with Crippen LogP contribution < -0.4 is 11.3 Å². The predicted molar refractivity (Wildman–Crippen MR) is 60.9 cm³/mol. The van der Waals surface area contributed by atoms with Crippen LogP contribution in [0.15, 0.2) is 30.9 Å². The van der Waals surface area contributed by atoms with Gasteiger partial charge in [-0.1, -0.05) is 17.7 Å². The Morgan fingerprint density at radius 3 is 2.93 bits per heavy atom. The minimum absolute atomic E-state index is 0.235. The molecule has 0 saturated heterocycles. The van der Waals surface area contributed by atoms with Crippen molar-refractivity contribution in [1.82, 2.24) is 5.43 Å². The van der Waals surface area contributed by atoms with Gasteiger partial charge in [0, 0.05) is 16.6 Å². The maximum Gasteiger partial charge on any atom is 0.128 e. The number of hydrogen-bond acceptors (Lipinski definition) is 2. The topological polar surface area (TPSA) is 38.0 Å². The zero-order valence-electron chi connectivity index (χ0n) is 8.34. The zero-order chi connectivity index (χ0) is 11.3. The van der Waals surface area contributed by atoms with E-state index in [1.165, 1.54) is 12.1 Å². The molecule has 0 aliphatic heterocycles. The third-order valence-electron chi connectivity index (χ3n) is 2.19. The summed E-state index contributed by atoms with van der Waals surface area (Å²) in [5, 5.41) is 0.505. The first-order valence-electron chi connectivity index (χ1n) is 4.71. The molecule has 82 valence electrons. The standard InChI is InChI=1S/C11H14ClFN2/c1-2-3-4-11(15-14)9-7-8(12)5-6-10(9)13/h2,5-7,11,15H,1,3-4,14H2. The number of nitrogens with one attached hydrogen (secondary N) is 1. The molecule has 0 fully saturated rings. The lowest BCUT2D eigenvalue weighted by Gasteiger charge is -2.16. The normalized spacial score (nSPS) is 12.5. The lowest BCUT2D eigenvalue weighted by Crippen LogP contribution is -2.28. The van der Waals surface area contributed by atoms with E-state index < -0.39 is 0 Å². The van der Waals surface area contributed by atoms with Crippen LogP contribution in [0.25, 0.3) is 0 Å². The molecule has 0 spiro atoms. The quantitative estimate of drug-likeness (QED) is 0.462. The molecule has 1 rings (SSSR count). The van der Waals surface area contributed by atoms with Crippen LogP contribution in [0.2, 0.25) is 5.02 Å². The Balaban J connectivity index is 2.89. The number of rotatable bonds is 5. The van der Waals surface area contributed by atoms with Crippen molar-refractivity contribution in [2.24, 2.45) is 5.84 Å². The van der Waals surface area contributed by atoms with Gasteiger partial charge < -0.3 is 0 Å². The van der Waals surface area contributed by atoms with Gasteiger partial charge in [-0.15, -0.1) is 6.58 Å². The summed E-state index contributed by atoms with van der Waals surface area (Å²) in [5.41, 5.74) is 3.07. The molecular formula is C11H14ClFN2. The monoisotopic (exact) mass is 228 g/mol. The molecule has 1 aromatic carbocycles. The van der Waals surface area contributed by atoms with Crippen molar-refractivity contribution >= 4 is 11.6 Å². The van der Waals surface area contributed by atoms with E-state index >= 15 is 0 Å². The van der Waals surface area contributed by atoms with Gasteiger partial charge in [-0.2, -0.15) is 0 Å². The van der Waals surface area contributed by atoms with Crippen molar-refractivity contribution in [2.45, 2.75) is 18.9 Å². The fraction of sp³-hybridized carbons (Fsp3) is 0.273. The maximum absolute atomic E-state index is 13.5. The highest BCUT2D eigenvalue weighted by Crippen LogP contribution is 2.24. The molecule has 3 N–H and O–H groups in total. The molecular weight excluding hydrogens is 215 g/mol. The molecule has 0 aliphatic rings. The van der Waals surface area contributed by atoms with E-state index in [0.717, 1.165) is 6.42 Å². The van der Waals surface area contributed by atoms with Crippen molar-refractivity contribution in [3.8, 4) is 0 Å². The fourth-order valence-electron chi connectivity index (χ4n) is 1.39. The molecule has 0 aliphatic carbocycles. The van der Waals surface area contributed by atoms with Crippen LogP contribution in [-0.2, 0) is 0 Å². The number of hydrogen-bond donors (Lipinski definition) is 2. The molecule has 0 saturated carbocycles. The highest BCUT2D eigenvalue weighted by Gasteiger charge is 2.13. The fourth-order valence-corrected chi connectivity index (χ4v) is 1.58. The third-order valence-corrected chi connectivity index (χ3v) is 2.43. The Morgan fingerprint density at radius 1 is 1.60 bits per heavy atom. The van der Waals surface area contributed by atoms with Crippen LogP contribution in [0.3, 0.4) is 0 Å². The van der Waals surface area contributed by atoms with E-state index in [1.54, 1.807) is 12.1 Å². The zero-order valence-corrected chi connectivity index (χ0v) is 9.10. The molecule has 4 heteroatoms. The van der Waals surface area contributed by atoms with E-state index in [0.29, 0.717) is 17.0 Å². The van der Waals surface area contributed by atoms with Gasteiger partial charge in [0.15, 0.2) is 0 Å². The molecule has 15 heavy (non-hydrogen) atoms. The average Bonchev–Trinajstić information content (AvgIpc) is 2.24. The van der Waals surface area contributed by atoms with Gasteiger partial charge in [0.05, 0.1) is 0 Å². The molecule has 0 bridgehead atoms. The van der Waals surface area contributed by atoms with Crippen LogP contribution in [0.1, 0.15) is 24.4 Å². The summed E-state index contributed by atoms with van der Waals surface area (Å²) in [6.45, 7) is 3.61. The molecule has 0 amide bonds. The van der Waals surface area contributed by atoms with Gasteiger partial charge >= 0.3 is 0 Å². The van der Waals surface area contributed by atoms with Crippen LogP contribution in [0.4, 0.5) is 4.39 Å². The number of hydrazine groups is 1. The van der Waals surface area contributed by atoms with Crippen molar-refractivity contribution in [1.29, 1.82) is 0 Å². The molecule has 1 aromatic rings. The number of halogens is 2. The SMILES string of the molecule is C=CCCC(NN)c1cc(Cl)ccc1F. The Bertz CT molecular complexity index is 341. The number of nitrogens with two attached hydrogens (primary N) is 1. The Morgan fingerprint density at radius 2 is 2.33 bits per heavy atom. The largest absolute Gasteiger partial charge is 0.271 e. The third kappa shape index (κ3) is 3.30. The van der Waals surface area contributed by atoms with Crippen LogP contribution in [0, 0.1) is 5.82 Å². The molecule has 1 atom stereocenters. The number of allylic oxidation sites excluding steroid dienone is 1. The van der Waals surface area contributed by atoms with Crippen molar-refractivity contribution in [2.75, 3.05) is 0 Å². The summed E-state index contributed by atoms with van der Waals surface area (Å²) in [4.78, 5) is 0. The second-order valence-corrected chi connectivity index (χ2v) is 3.69. The van der Waals surface area contributed by atoms with Gasteiger partial charge in [0.1, 0.15) is 5.82 Å². The maximum atomic E-state index is 13.5. The average molecular weight is 229 g/mol. The van der Waals surface area contributed by atoms with E-state index in [2.05, 4.69) is 12.0 Å². The van der Waals surface area contributed by atoms with Gasteiger partial charge in [-0.25, -0.2) is 4.39 Å². The van der Waals surface area contributed by atoms with Crippen molar-refractivity contribution in [3.05, 3.63) is 47.3 Å². The van der Waals surface area contributed by atoms with E-state index in [4.69, 9.17) is 17.4 Å². The summed E-state index contributed by atoms with van der Waals surface area (Å²) in [6, 6.07) is 4.21. The molecule has 0 aromatic heterocycles. The highest BCUT2D eigenvalue weighted by atomic mass is 35.5. The van der Waals surface area contributed by atoms with Gasteiger partial charge in [-0.05, 0) is 31.0 Å². The second-order valence-electron chi connectivity index (χ2n) is 3.25. The summed E-state index contributed by atoms with van der Waals surface area (Å²) in [6.07, 6.45) is 3.23. The minimum Gasteiger partial charge on any atom is -0.271 e. The van der Waals surface area contributed by atoms with Gasteiger partial charge in [0.25, 0.3) is 0 Å². The second kappa shape index (κ2) is 5.85. The Labute approximate surface area is 93.9 Å². The predicted octanol–water partition coefficient (Wildman–Crippen LogP) is 2.95. The first kappa shape index (κ1) is 12.2. The summed E-state index contributed by atoms with van der Waals surface area (Å²) < 4.78 is 13.5. The Hall–Kier alpha value is -0.900. The molecule has 0 heterocycles. The lowest BCUT2D eigenvalue weighted by molar-refractivity contribution is 0.489. The van der Waals surface area contributed by atoms with Crippen LogP contribution in [0.5, 0.6) is 0 Å². The number of benzene rings is 1. The molecule has 0 radical (unpaired) electrons. The molecule has 2 nitrogen and oxygen atoms in total. The summed E-state index contributed by atoms with van der Waals surface area (Å²) in [5.74, 6) is 5.07. The first-order chi connectivity index (χ1) is 7.19. The van der Waals surface area contributed by atoms with E-state index in [1.807, 2.05) is 0 Å². The Kier molecular flexibility index (Phi) is 4.75. The smallest absolute Gasteiger partial charge is 0.128 e.